The van der Waals surface area contributed by atoms with Crippen molar-refractivity contribution < 1.29 is 63.1 Å². The molecule has 14 heteroatoms. The molecule has 6 unspecified atom stereocenters. The number of aliphatic hydroxyl groups excluding tert-OH is 5. The van der Waals surface area contributed by atoms with E-state index in [1.54, 1.807) is 0 Å². The Morgan fingerprint density at radius 2 is 0.864 bits per heavy atom. The third kappa shape index (κ3) is 28.5. The Labute approximate surface area is 356 Å². The van der Waals surface area contributed by atoms with Gasteiger partial charge < -0.3 is 39.9 Å². The molecule has 1 saturated carbocycles. The number of hydrogen-bond acceptors (Lipinski definition) is 12. The quantitative estimate of drug-likeness (QED) is 0.0149. The van der Waals surface area contributed by atoms with E-state index in [-0.39, 0.29) is 12.8 Å². The van der Waals surface area contributed by atoms with Crippen molar-refractivity contribution in [1.82, 2.24) is 0 Å². The Morgan fingerprint density at radius 1 is 0.508 bits per heavy atom. The Hall–Kier alpha value is -1.67. The number of aliphatic hydroxyl groups is 5. The third-order valence-electron chi connectivity index (χ3n) is 10.8. The number of carbonyl (C=O) groups is 2. The van der Waals surface area contributed by atoms with Crippen LogP contribution in [0.2, 0.25) is 0 Å². The predicted octanol–water partition coefficient (Wildman–Crippen LogP) is 8.84. The van der Waals surface area contributed by atoms with E-state index in [0.29, 0.717) is 12.8 Å². The van der Waals surface area contributed by atoms with Crippen LogP contribution in [0.25, 0.3) is 0 Å². The largest absolute Gasteiger partial charge is 0.472 e. The minimum atomic E-state index is -5.12. The van der Waals surface area contributed by atoms with Crippen molar-refractivity contribution >= 4 is 19.8 Å². The van der Waals surface area contributed by atoms with Gasteiger partial charge in [-0.1, -0.05) is 141 Å². The fourth-order valence-corrected chi connectivity index (χ4v) is 7.95. The van der Waals surface area contributed by atoms with Crippen LogP contribution in [0.5, 0.6) is 0 Å². The summed E-state index contributed by atoms with van der Waals surface area (Å²) in [7, 11) is -5.12. The predicted molar refractivity (Wildman–Crippen MR) is 230 cm³/mol. The highest BCUT2D eigenvalue weighted by molar-refractivity contribution is 7.47. The van der Waals surface area contributed by atoms with Gasteiger partial charge in [-0.2, -0.15) is 0 Å². The van der Waals surface area contributed by atoms with Crippen LogP contribution in [0, 0.1) is 0 Å². The molecule has 346 valence electrons. The van der Waals surface area contributed by atoms with Crippen molar-refractivity contribution in [3.63, 3.8) is 0 Å². The Balaban J connectivity index is 2.46. The van der Waals surface area contributed by atoms with E-state index in [4.69, 9.17) is 18.5 Å². The summed E-state index contributed by atoms with van der Waals surface area (Å²) in [5, 5.41) is 50.1. The molecule has 0 aliphatic heterocycles. The number of esters is 2. The molecular formula is C45H83O13P. The molecule has 0 aromatic heterocycles. The summed E-state index contributed by atoms with van der Waals surface area (Å²) >= 11 is 0. The summed E-state index contributed by atoms with van der Waals surface area (Å²) in [5.41, 5.74) is 0. The highest BCUT2D eigenvalue weighted by Gasteiger charge is 2.51. The van der Waals surface area contributed by atoms with Gasteiger partial charge in [-0.05, 0) is 64.2 Å². The highest BCUT2D eigenvalue weighted by Crippen LogP contribution is 2.47. The fraction of sp³-hybridized carbons (Fsp3) is 0.867. The first-order valence-electron chi connectivity index (χ1n) is 23.1. The van der Waals surface area contributed by atoms with Gasteiger partial charge in [0.1, 0.15) is 43.2 Å². The van der Waals surface area contributed by atoms with Gasteiger partial charge in [0.2, 0.25) is 0 Å². The number of rotatable bonds is 38. The zero-order chi connectivity index (χ0) is 43.6. The van der Waals surface area contributed by atoms with Crippen LogP contribution in [0.3, 0.4) is 0 Å². The van der Waals surface area contributed by atoms with Gasteiger partial charge in [-0.3, -0.25) is 18.6 Å². The first kappa shape index (κ1) is 55.3. The second-order valence-corrected chi connectivity index (χ2v) is 17.7. The SMILES string of the molecule is CCCCCCC=CCCCCCCCCCC(=O)OCC(COP(=O)(O)OC1C(O)C(O)C(O)C(O)C1O)OC(=O)CCCCCCCCCC=CCCCCCC. The zero-order valence-electron chi connectivity index (χ0n) is 36.6. The second-order valence-electron chi connectivity index (χ2n) is 16.3. The minimum absolute atomic E-state index is 0.0924. The Bertz CT molecular complexity index is 1130. The lowest BCUT2D eigenvalue weighted by Gasteiger charge is -2.41. The molecule has 0 spiro atoms. The third-order valence-corrected chi connectivity index (χ3v) is 11.8. The lowest BCUT2D eigenvalue weighted by Crippen LogP contribution is -2.64. The van der Waals surface area contributed by atoms with Gasteiger partial charge in [-0.25, -0.2) is 4.57 Å². The number of ether oxygens (including phenoxy) is 2. The first-order chi connectivity index (χ1) is 28.4. The van der Waals surface area contributed by atoms with E-state index in [9.17, 15) is 44.6 Å². The molecule has 0 saturated heterocycles. The van der Waals surface area contributed by atoms with E-state index < -0.39 is 75.7 Å². The number of carbonyl (C=O) groups excluding carboxylic acids is 2. The first-order valence-corrected chi connectivity index (χ1v) is 24.6. The van der Waals surface area contributed by atoms with Crippen molar-refractivity contribution in [2.75, 3.05) is 13.2 Å². The van der Waals surface area contributed by atoms with Crippen LogP contribution in [0.15, 0.2) is 24.3 Å². The molecule has 1 aliphatic rings. The van der Waals surface area contributed by atoms with E-state index in [0.717, 1.165) is 70.6 Å². The molecule has 59 heavy (non-hydrogen) atoms. The average molecular weight is 863 g/mol. The second kappa shape index (κ2) is 35.9. The van der Waals surface area contributed by atoms with E-state index in [1.807, 2.05) is 0 Å². The Kier molecular flexibility index (Phi) is 33.7. The summed E-state index contributed by atoms with van der Waals surface area (Å²) in [4.78, 5) is 35.7. The number of phosphoric acid groups is 1. The molecule has 0 radical (unpaired) electrons. The fourth-order valence-electron chi connectivity index (χ4n) is 6.98. The lowest BCUT2D eigenvalue weighted by atomic mass is 9.85. The summed E-state index contributed by atoms with van der Waals surface area (Å²) in [6, 6.07) is 0. The molecule has 0 amide bonds. The number of unbranched alkanes of at least 4 members (excludes halogenated alkanes) is 22. The van der Waals surface area contributed by atoms with Crippen molar-refractivity contribution in [2.24, 2.45) is 0 Å². The normalized spacial score (nSPS) is 22.5. The molecule has 0 bridgehead atoms. The molecule has 0 aromatic carbocycles. The van der Waals surface area contributed by atoms with Crippen LogP contribution < -0.4 is 0 Å². The number of phosphoric ester groups is 1. The van der Waals surface area contributed by atoms with E-state index >= 15 is 0 Å². The smallest absolute Gasteiger partial charge is 0.462 e. The van der Waals surface area contributed by atoms with Crippen molar-refractivity contribution in [1.29, 1.82) is 0 Å². The minimum Gasteiger partial charge on any atom is -0.462 e. The zero-order valence-corrected chi connectivity index (χ0v) is 37.4. The van der Waals surface area contributed by atoms with Crippen LogP contribution in [0.4, 0.5) is 0 Å². The molecule has 6 atom stereocenters. The maximum absolute atomic E-state index is 12.8. The van der Waals surface area contributed by atoms with E-state index in [1.165, 1.54) is 83.5 Å². The topological polar surface area (TPSA) is 210 Å². The molecular weight excluding hydrogens is 779 g/mol. The van der Waals surface area contributed by atoms with Gasteiger partial charge in [0, 0.05) is 12.8 Å². The summed E-state index contributed by atoms with van der Waals surface area (Å²) in [5.74, 6) is -1.11. The summed E-state index contributed by atoms with van der Waals surface area (Å²) in [6.45, 7) is 3.27. The maximum Gasteiger partial charge on any atom is 0.472 e. The summed E-state index contributed by atoms with van der Waals surface area (Å²) in [6.07, 6.45) is 25.1. The molecule has 13 nitrogen and oxygen atoms in total. The van der Waals surface area contributed by atoms with Gasteiger partial charge >= 0.3 is 19.8 Å². The van der Waals surface area contributed by atoms with Crippen LogP contribution in [-0.2, 0) is 32.7 Å². The van der Waals surface area contributed by atoms with Crippen LogP contribution >= 0.6 is 7.82 Å². The van der Waals surface area contributed by atoms with Crippen molar-refractivity contribution in [3.05, 3.63) is 24.3 Å². The molecule has 0 heterocycles. The van der Waals surface area contributed by atoms with Gasteiger partial charge in [-0.15, -0.1) is 0 Å². The highest BCUT2D eigenvalue weighted by atomic mass is 31.2. The summed E-state index contributed by atoms with van der Waals surface area (Å²) < 4.78 is 33.5. The maximum atomic E-state index is 12.8. The molecule has 1 rings (SSSR count). The Morgan fingerprint density at radius 3 is 1.29 bits per heavy atom. The van der Waals surface area contributed by atoms with Crippen molar-refractivity contribution in [3.8, 4) is 0 Å². The standard InChI is InChI=1S/C45H83O13P/c1-3-5-7-9-11-13-15-17-19-21-23-25-27-29-31-33-38(46)55-35-37(36-56-59(53,54)58-45-43(51)41(49)40(48)42(50)44(45)52)57-39(47)34-32-30-28-26-24-22-20-18-16-14-12-10-8-6-4-2/h13-16,37,40-45,48-52H,3-12,17-36H2,1-2H3,(H,53,54). The van der Waals surface area contributed by atoms with E-state index in [2.05, 4.69) is 38.2 Å². The lowest BCUT2D eigenvalue weighted by molar-refractivity contribution is -0.220. The molecule has 1 fully saturated rings. The van der Waals surface area contributed by atoms with Crippen LogP contribution in [0.1, 0.15) is 194 Å². The molecule has 1 aliphatic carbocycles. The molecule has 0 aromatic rings. The van der Waals surface area contributed by atoms with Crippen LogP contribution in [-0.4, -0.2) is 98.3 Å². The monoisotopic (exact) mass is 863 g/mol. The van der Waals surface area contributed by atoms with Crippen molar-refractivity contribution in [2.45, 2.75) is 236 Å². The number of hydrogen-bond donors (Lipinski definition) is 6. The van der Waals surface area contributed by atoms with Gasteiger partial charge in [0.15, 0.2) is 6.10 Å². The van der Waals surface area contributed by atoms with Gasteiger partial charge in [0.05, 0.1) is 6.61 Å². The molecule has 6 N–H and O–H groups in total. The number of allylic oxidation sites excluding steroid dienone is 4. The average Bonchev–Trinajstić information content (AvgIpc) is 3.21. The van der Waals surface area contributed by atoms with Gasteiger partial charge in [0.25, 0.3) is 0 Å².